The molecular weight excluding hydrogens is 348 g/mol. The number of rotatable bonds is 6. The summed E-state index contributed by atoms with van der Waals surface area (Å²) in [5, 5.41) is 1.02. The molecule has 6 heteroatoms. The van der Waals surface area contributed by atoms with Crippen LogP contribution < -0.4 is 4.72 Å². The average Bonchev–Trinajstić information content (AvgIpc) is 2.91. The summed E-state index contributed by atoms with van der Waals surface area (Å²) in [6.07, 6.45) is 1.89. The number of amides is 1. The molecule has 0 aliphatic carbocycles. The predicted octanol–water partition coefficient (Wildman–Crippen LogP) is 3.41. The van der Waals surface area contributed by atoms with Gasteiger partial charge in [-0.05, 0) is 48.6 Å². The van der Waals surface area contributed by atoms with Gasteiger partial charge in [0, 0.05) is 11.2 Å². The highest BCUT2D eigenvalue weighted by Crippen LogP contribution is 2.19. The minimum absolute atomic E-state index is 0.0491. The summed E-state index contributed by atoms with van der Waals surface area (Å²) in [5.41, 5.74) is 2.89. The van der Waals surface area contributed by atoms with Crippen LogP contribution in [0.3, 0.4) is 0 Å². The number of aryl methyl sites for hydroxylation is 2. The van der Waals surface area contributed by atoms with Crippen molar-refractivity contribution in [1.82, 2.24) is 9.29 Å². The average molecular weight is 370 g/mol. The van der Waals surface area contributed by atoms with Crippen molar-refractivity contribution >= 4 is 26.8 Å². The second-order valence-electron chi connectivity index (χ2n) is 6.35. The molecule has 0 saturated carbocycles. The molecule has 26 heavy (non-hydrogen) atoms. The Balaban J connectivity index is 1.77. The minimum Gasteiger partial charge on any atom is -0.335 e. The van der Waals surface area contributed by atoms with Crippen molar-refractivity contribution in [2.45, 2.75) is 38.1 Å². The molecule has 0 unspecified atom stereocenters. The van der Waals surface area contributed by atoms with Crippen LogP contribution in [0.2, 0.25) is 0 Å². The van der Waals surface area contributed by atoms with Crippen LogP contribution in [-0.4, -0.2) is 18.9 Å². The van der Waals surface area contributed by atoms with Crippen LogP contribution in [0.5, 0.6) is 0 Å². The quantitative estimate of drug-likeness (QED) is 0.723. The first-order chi connectivity index (χ1) is 12.4. The second kappa shape index (κ2) is 7.33. The fourth-order valence-corrected chi connectivity index (χ4v) is 4.04. The molecule has 0 atom stereocenters. The molecule has 0 radical (unpaired) electrons. The van der Waals surface area contributed by atoms with Gasteiger partial charge >= 0.3 is 0 Å². The van der Waals surface area contributed by atoms with Gasteiger partial charge in [-0.1, -0.05) is 43.7 Å². The van der Waals surface area contributed by atoms with E-state index in [0.29, 0.717) is 0 Å². The van der Waals surface area contributed by atoms with E-state index in [0.717, 1.165) is 35.0 Å². The van der Waals surface area contributed by atoms with Gasteiger partial charge in [-0.2, -0.15) is 0 Å². The number of nitrogens with one attached hydrogen (secondary N) is 1. The molecule has 0 aliphatic rings. The van der Waals surface area contributed by atoms with Gasteiger partial charge in [-0.25, -0.2) is 13.1 Å². The molecule has 0 aliphatic heterocycles. The number of aromatic nitrogens is 1. The highest BCUT2D eigenvalue weighted by Gasteiger charge is 2.18. The van der Waals surface area contributed by atoms with Crippen LogP contribution >= 0.6 is 0 Å². The van der Waals surface area contributed by atoms with Gasteiger partial charge in [0.15, 0.2) is 0 Å². The van der Waals surface area contributed by atoms with Crippen molar-refractivity contribution in [1.29, 1.82) is 0 Å². The molecular formula is C20H22N2O3S. The van der Waals surface area contributed by atoms with E-state index in [1.54, 1.807) is 12.1 Å². The van der Waals surface area contributed by atoms with E-state index in [4.69, 9.17) is 0 Å². The lowest BCUT2D eigenvalue weighted by atomic mass is 10.1. The summed E-state index contributed by atoms with van der Waals surface area (Å²) >= 11 is 0. The number of nitrogens with zero attached hydrogens (tertiary/aromatic N) is 1. The predicted molar refractivity (Wildman–Crippen MR) is 102 cm³/mol. The first-order valence-corrected chi connectivity index (χ1v) is 10.1. The monoisotopic (exact) mass is 370 g/mol. The first-order valence-electron chi connectivity index (χ1n) is 8.60. The number of carbonyl (C=O) groups excluding carboxylic acids is 1. The number of hydrogen-bond acceptors (Lipinski definition) is 3. The molecule has 3 aromatic rings. The zero-order valence-electron chi connectivity index (χ0n) is 14.9. The number of hydrogen-bond donors (Lipinski definition) is 1. The van der Waals surface area contributed by atoms with Crippen molar-refractivity contribution in [2.75, 3.05) is 0 Å². The van der Waals surface area contributed by atoms with E-state index >= 15 is 0 Å². The molecule has 0 fully saturated rings. The fourth-order valence-electron chi connectivity index (χ4n) is 3.07. The van der Waals surface area contributed by atoms with Crippen LogP contribution in [0.25, 0.3) is 10.9 Å². The van der Waals surface area contributed by atoms with Gasteiger partial charge in [-0.15, -0.1) is 0 Å². The van der Waals surface area contributed by atoms with E-state index in [1.165, 1.54) is 12.1 Å². The summed E-state index contributed by atoms with van der Waals surface area (Å²) in [7, 11) is -3.87. The largest absolute Gasteiger partial charge is 0.335 e. The van der Waals surface area contributed by atoms with E-state index < -0.39 is 15.9 Å². The Morgan fingerprint density at radius 1 is 1.08 bits per heavy atom. The Kier molecular flexibility index (Phi) is 5.13. The molecule has 2 aromatic carbocycles. The smallest absolute Gasteiger partial charge is 0.264 e. The number of benzene rings is 2. The van der Waals surface area contributed by atoms with Crippen LogP contribution in [0, 0.1) is 6.92 Å². The Bertz CT molecular complexity index is 1030. The van der Waals surface area contributed by atoms with Crippen molar-refractivity contribution in [2.24, 2.45) is 0 Å². The number of fused-ring (bicyclic) bond motifs is 1. The van der Waals surface area contributed by atoms with Crippen molar-refractivity contribution in [3.8, 4) is 0 Å². The topological polar surface area (TPSA) is 68.2 Å². The van der Waals surface area contributed by atoms with Crippen LogP contribution in [-0.2, 0) is 27.8 Å². The van der Waals surface area contributed by atoms with E-state index in [9.17, 15) is 13.2 Å². The number of sulfonamides is 1. The van der Waals surface area contributed by atoms with Gasteiger partial charge in [0.05, 0.1) is 4.90 Å². The molecule has 0 bridgehead atoms. The zero-order chi connectivity index (χ0) is 18.7. The third-order valence-electron chi connectivity index (χ3n) is 4.34. The Hall–Kier alpha value is -2.60. The lowest BCUT2D eigenvalue weighted by Gasteiger charge is -2.10. The Labute approximate surface area is 153 Å². The molecule has 1 amide bonds. The maximum atomic E-state index is 12.4. The van der Waals surface area contributed by atoms with Gasteiger partial charge in [-0.3, -0.25) is 4.79 Å². The van der Waals surface area contributed by atoms with Crippen molar-refractivity contribution < 1.29 is 13.2 Å². The van der Waals surface area contributed by atoms with Crippen LogP contribution in [0.15, 0.2) is 59.5 Å². The van der Waals surface area contributed by atoms with Gasteiger partial charge in [0.2, 0.25) is 0 Å². The zero-order valence-corrected chi connectivity index (χ0v) is 15.7. The normalized spacial score (nSPS) is 11.6. The molecule has 136 valence electrons. The Morgan fingerprint density at radius 2 is 1.77 bits per heavy atom. The maximum Gasteiger partial charge on any atom is 0.264 e. The van der Waals surface area contributed by atoms with Crippen LogP contribution in [0.4, 0.5) is 0 Å². The highest BCUT2D eigenvalue weighted by molar-refractivity contribution is 7.90. The lowest BCUT2D eigenvalue weighted by Crippen LogP contribution is -2.33. The van der Waals surface area contributed by atoms with Gasteiger partial charge in [0.25, 0.3) is 15.9 Å². The molecule has 5 nitrogen and oxygen atoms in total. The number of carbonyl (C=O) groups is 1. The minimum atomic E-state index is -3.87. The summed E-state index contributed by atoms with van der Waals surface area (Å²) in [6, 6.07) is 16.3. The molecule has 0 spiro atoms. The SMILES string of the molecule is CCCc1ccc(S(=O)(=O)NC(=O)Cn2c(C)cc3ccccc32)cc1. The third kappa shape index (κ3) is 3.80. The van der Waals surface area contributed by atoms with Gasteiger partial charge < -0.3 is 4.57 Å². The summed E-state index contributed by atoms with van der Waals surface area (Å²) < 4.78 is 28.9. The summed E-state index contributed by atoms with van der Waals surface area (Å²) in [6.45, 7) is 3.92. The fraction of sp³-hybridized carbons (Fsp3) is 0.250. The standard InChI is InChI=1S/C20H22N2O3S/c1-3-6-16-9-11-18(12-10-16)26(24,25)21-20(23)14-22-15(2)13-17-7-4-5-8-19(17)22/h4-5,7-13H,3,6,14H2,1-2H3,(H,21,23). The van der Waals surface area contributed by atoms with Gasteiger partial charge in [0.1, 0.15) is 6.54 Å². The van der Waals surface area contributed by atoms with Crippen molar-refractivity contribution in [3.63, 3.8) is 0 Å². The summed E-state index contributed by atoms with van der Waals surface area (Å²) in [4.78, 5) is 12.5. The van der Waals surface area contributed by atoms with E-state index in [2.05, 4.69) is 11.6 Å². The molecule has 1 heterocycles. The van der Waals surface area contributed by atoms with Crippen LogP contribution in [0.1, 0.15) is 24.6 Å². The maximum absolute atomic E-state index is 12.4. The van der Waals surface area contributed by atoms with E-state index in [1.807, 2.05) is 41.8 Å². The molecule has 1 N–H and O–H groups in total. The Morgan fingerprint density at radius 3 is 2.46 bits per heavy atom. The third-order valence-corrected chi connectivity index (χ3v) is 5.73. The molecule has 1 aromatic heterocycles. The number of para-hydroxylation sites is 1. The molecule has 0 saturated heterocycles. The molecule has 3 rings (SSSR count). The highest BCUT2D eigenvalue weighted by atomic mass is 32.2. The van der Waals surface area contributed by atoms with Crippen molar-refractivity contribution in [3.05, 3.63) is 65.9 Å². The summed E-state index contributed by atoms with van der Waals surface area (Å²) in [5.74, 6) is -0.563. The second-order valence-corrected chi connectivity index (χ2v) is 8.04. The van der Waals surface area contributed by atoms with E-state index in [-0.39, 0.29) is 11.4 Å². The lowest BCUT2D eigenvalue weighted by molar-refractivity contribution is -0.119. The first kappa shape index (κ1) is 18.2.